The lowest BCUT2D eigenvalue weighted by Gasteiger charge is -2.18. The van der Waals surface area contributed by atoms with Gasteiger partial charge < -0.3 is 5.11 Å². The highest BCUT2D eigenvalue weighted by Gasteiger charge is 2.18. The molecule has 1 rings (SSSR count). The zero-order valence-corrected chi connectivity index (χ0v) is 7.23. The van der Waals surface area contributed by atoms with Crippen molar-refractivity contribution in [2.24, 2.45) is 0 Å². The molecule has 1 saturated heterocycles. The van der Waals surface area contributed by atoms with E-state index in [1.54, 1.807) is 0 Å². The van der Waals surface area contributed by atoms with Crippen LogP contribution < -0.4 is 0 Å². The number of hydrogen-bond donors (Lipinski definition) is 1. The van der Waals surface area contributed by atoms with Crippen molar-refractivity contribution < 1.29 is 5.11 Å². The fourth-order valence-electron chi connectivity index (χ4n) is 1.45. The first-order chi connectivity index (χ1) is 4.34. The van der Waals surface area contributed by atoms with Gasteiger partial charge in [0.2, 0.25) is 0 Å². The molecule has 1 heterocycles. The Morgan fingerprint density at radius 1 is 1.60 bits per heavy atom. The van der Waals surface area contributed by atoms with Crippen molar-refractivity contribution >= 4 is 12.4 Å². The van der Waals surface area contributed by atoms with E-state index in [1.807, 2.05) is 0 Å². The van der Waals surface area contributed by atoms with E-state index < -0.39 is 0 Å². The van der Waals surface area contributed by atoms with Crippen LogP contribution in [0.5, 0.6) is 0 Å². The lowest BCUT2D eigenvalue weighted by Crippen LogP contribution is -2.29. The highest BCUT2D eigenvalue weighted by Crippen LogP contribution is 2.14. The highest BCUT2D eigenvalue weighted by atomic mass is 35.5. The SMILES string of the molecule is C[C@H]1CCCN1CCO.Cl. The summed E-state index contributed by atoms with van der Waals surface area (Å²) in [6, 6.07) is 0.706. The molecule has 0 bridgehead atoms. The maximum atomic E-state index is 8.60. The van der Waals surface area contributed by atoms with E-state index in [-0.39, 0.29) is 12.4 Å². The van der Waals surface area contributed by atoms with Gasteiger partial charge in [-0.05, 0) is 26.3 Å². The molecule has 0 aromatic carbocycles. The van der Waals surface area contributed by atoms with E-state index in [2.05, 4.69) is 11.8 Å². The van der Waals surface area contributed by atoms with Crippen molar-refractivity contribution in [2.75, 3.05) is 19.7 Å². The largest absolute Gasteiger partial charge is 0.395 e. The van der Waals surface area contributed by atoms with Gasteiger partial charge in [-0.15, -0.1) is 12.4 Å². The van der Waals surface area contributed by atoms with Crippen LogP contribution >= 0.6 is 12.4 Å². The number of aliphatic hydroxyl groups excluding tert-OH is 1. The van der Waals surface area contributed by atoms with E-state index in [0.717, 1.165) is 6.54 Å². The van der Waals surface area contributed by atoms with Crippen molar-refractivity contribution in [3.8, 4) is 0 Å². The molecule has 1 N–H and O–H groups in total. The average molecular weight is 166 g/mol. The summed E-state index contributed by atoms with van der Waals surface area (Å²) in [5, 5.41) is 8.60. The Balaban J connectivity index is 0.000000810. The van der Waals surface area contributed by atoms with Gasteiger partial charge >= 0.3 is 0 Å². The first-order valence-corrected chi connectivity index (χ1v) is 3.69. The number of rotatable bonds is 2. The molecule has 0 spiro atoms. The molecule has 0 radical (unpaired) electrons. The minimum absolute atomic E-state index is 0. The fourth-order valence-corrected chi connectivity index (χ4v) is 1.45. The van der Waals surface area contributed by atoms with Crippen LogP contribution in [-0.2, 0) is 0 Å². The minimum Gasteiger partial charge on any atom is -0.395 e. The number of nitrogens with zero attached hydrogens (tertiary/aromatic N) is 1. The summed E-state index contributed by atoms with van der Waals surface area (Å²) in [4.78, 5) is 2.33. The number of halogens is 1. The molecule has 1 aliphatic heterocycles. The second-order valence-corrected chi connectivity index (χ2v) is 2.75. The lowest BCUT2D eigenvalue weighted by molar-refractivity contribution is 0.192. The zero-order chi connectivity index (χ0) is 6.69. The molecule has 0 aliphatic carbocycles. The summed E-state index contributed by atoms with van der Waals surface area (Å²) in [5.41, 5.74) is 0. The number of aliphatic hydroxyl groups is 1. The molecule has 62 valence electrons. The summed E-state index contributed by atoms with van der Waals surface area (Å²) >= 11 is 0. The third kappa shape index (κ3) is 2.45. The summed E-state index contributed by atoms with van der Waals surface area (Å²) in [7, 11) is 0. The van der Waals surface area contributed by atoms with E-state index in [9.17, 15) is 0 Å². The van der Waals surface area contributed by atoms with Crippen LogP contribution in [0.4, 0.5) is 0 Å². The highest BCUT2D eigenvalue weighted by molar-refractivity contribution is 5.85. The van der Waals surface area contributed by atoms with Crippen LogP contribution in [0.3, 0.4) is 0 Å². The van der Waals surface area contributed by atoms with Gasteiger partial charge in [0.25, 0.3) is 0 Å². The molecule has 0 aromatic rings. The third-order valence-electron chi connectivity index (χ3n) is 2.08. The lowest BCUT2D eigenvalue weighted by atomic mass is 10.2. The predicted octanol–water partition coefficient (Wildman–Crippen LogP) is 0.885. The Hall–Kier alpha value is 0.210. The topological polar surface area (TPSA) is 23.5 Å². The van der Waals surface area contributed by atoms with Gasteiger partial charge in [0, 0.05) is 12.6 Å². The van der Waals surface area contributed by atoms with Crippen LogP contribution in [0.25, 0.3) is 0 Å². The van der Waals surface area contributed by atoms with Crippen molar-refractivity contribution in [3.63, 3.8) is 0 Å². The maximum Gasteiger partial charge on any atom is 0.0558 e. The van der Waals surface area contributed by atoms with Crippen molar-refractivity contribution in [1.82, 2.24) is 4.90 Å². The molecular formula is C7H16ClNO. The van der Waals surface area contributed by atoms with E-state index >= 15 is 0 Å². The predicted molar refractivity (Wildman–Crippen MR) is 44.6 cm³/mol. The second kappa shape index (κ2) is 4.94. The maximum absolute atomic E-state index is 8.60. The smallest absolute Gasteiger partial charge is 0.0558 e. The summed E-state index contributed by atoms with van der Waals surface area (Å²) in [6.07, 6.45) is 2.61. The minimum atomic E-state index is 0. The zero-order valence-electron chi connectivity index (χ0n) is 6.42. The summed E-state index contributed by atoms with van der Waals surface area (Å²) in [5.74, 6) is 0. The normalized spacial score (nSPS) is 26.4. The first kappa shape index (κ1) is 10.2. The molecule has 1 atom stereocenters. The van der Waals surface area contributed by atoms with Gasteiger partial charge in [0.15, 0.2) is 0 Å². The number of β-amino-alcohol motifs (C(OH)–C–C–N with tert-alkyl or cyclic N) is 1. The Morgan fingerprint density at radius 3 is 2.70 bits per heavy atom. The van der Waals surface area contributed by atoms with Gasteiger partial charge in [-0.25, -0.2) is 0 Å². The quantitative estimate of drug-likeness (QED) is 0.657. The molecular weight excluding hydrogens is 150 g/mol. The molecule has 1 fully saturated rings. The van der Waals surface area contributed by atoms with Crippen LogP contribution in [0.15, 0.2) is 0 Å². The average Bonchev–Trinajstić information content (AvgIpc) is 2.18. The second-order valence-electron chi connectivity index (χ2n) is 2.75. The Bertz CT molecular complexity index is 89.7. The van der Waals surface area contributed by atoms with Crippen molar-refractivity contribution in [2.45, 2.75) is 25.8 Å². The first-order valence-electron chi connectivity index (χ1n) is 3.69. The van der Waals surface area contributed by atoms with Gasteiger partial charge in [0.1, 0.15) is 0 Å². The molecule has 3 heteroatoms. The van der Waals surface area contributed by atoms with E-state index in [4.69, 9.17) is 5.11 Å². The molecule has 2 nitrogen and oxygen atoms in total. The van der Waals surface area contributed by atoms with Crippen molar-refractivity contribution in [3.05, 3.63) is 0 Å². The van der Waals surface area contributed by atoms with E-state index in [1.165, 1.54) is 19.4 Å². The molecule has 0 unspecified atom stereocenters. The molecule has 0 saturated carbocycles. The van der Waals surface area contributed by atoms with Crippen LogP contribution in [-0.4, -0.2) is 35.7 Å². The van der Waals surface area contributed by atoms with Crippen LogP contribution in [0.2, 0.25) is 0 Å². The van der Waals surface area contributed by atoms with Crippen LogP contribution in [0, 0.1) is 0 Å². The summed E-state index contributed by atoms with van der Waals surface area (Å²) in [6.45, 7) is 4.58. The van der Waals surface area contributed by atoms with Gasteiger partial charge in [-0.3, -0.25) is 4.90 Å². The molecule has 1 aliphatic rings. The Kier molecular flexibility index (Phi) is 5.04. The summed E-state index contributed by atoms with van der Waals surface area (Å²) < 4.78 is 0. The molecule has 0 aromatic heterocycles. The molecule has 10 heavy (non-hydrogen) atoms. The monoisotopic (exact) mass is 165 g/mol. The van der Waals surface area contributed by atoms with Gasteiger partial charge in [-0.1, -0.05) is 0 Å². The van der Waals surface area contributed by atoms with Gasteiger partial charge in [-0.2, -0.15) is 0 Å². The standard InChI is InChI=1S/C7H15NO.ClH/c1-7-3-2-4-8(7)5-6-9;/h7,9H,2-6H2,1H3;1H/t7-;/m0./s1. The van der Waals surface area contributed by atoms with E-state index in [0.29, 0.717) is 12.6 Å². The van der Waals surface area contributed by atoms with Crippen LogP contribution in [0.1, 0.15) is 19.8 Å². The number of likely N-dealkylation sites (tertiary alicyclic amines) is 1. The van der Waals surface area contributed by atoms with Crippen molar-refractivity contribution in [1.29, 1.82) is 0 Å². The Morgan fingerprint density at radius 2 is 2.30 bits per heavy atom. The number of hydrogen-bond acceptors (Lipinski definition) is 2. The molecule has 0 amide bonds. The van der Waals surface area contributed by atoms with Gasteiger partial charge in [0.05, 0.1) is 6.61 Å². The fraction of sp³-hybridized carbons (Fsp3) is 1.00. The Labute approximate surface area is 68.6 Å². The third-order valence-corrected chi connectivity index (χ3v) is 2.08.